The average Bonchev–Trinajstić information content (AvgIpc) is 2.33. The molecule has 0 spiro atoms. The monoisotopic (exact) mass is 309 g/mol. The minimum atomic E-state index is -0.241. The number of hydrogen-bond donors (Lipinski definition) is 1. The van der Waals surface area contributed by atoms with Gasteiger partial charge >= 0.3 is 0 Å². The van der Waals surface area contributed by atoms with Crippen molar-refractivity contribution in [2.45, 2.75) is 13.3 Å². The second-order valence-electron chi connectivity index (χ2n) is 3.94. The number of halogens is 2. The van der Waals surface area contributed by atoms with Gasteiger partial charge < -0.3 is 5.32 Å². The minimum absolute atomic E-state index is 0.241. The molecule has 1 heterocycles. The molecule has 1 aromatic heterocycles. The summed E-state index contributed by atoms with van der Waals surface area (Å²) in [7, 11) is 1.80. The zero-order valence-electron chi connectivity index (χ0n) is 10.2. The molecule has 18 heavy (non-hydrogen) atoms. The number of aryl methyl sites for hydroxylation is 1. The molecule has 94 valence electrons. The first-order valence-electron chi connectivity index (χ1n) is 5.55. The van der Waals surface area contributed by atoms with E-state index in [4.69, 9.17) is 0 Å². The maximum Gasteiger partial charge on any atom is 0.144 e. The zero-order chi connectivity index (χ0) is 13.1. The quantitative estimate of drug-likeness (QED) is 0.945. The van der Waals surface area contributed by atoms with Crippen LogP contribution in [0.3, 0.4) is 0 Å². The summed E-state index contributed by atoms with van der Waals surface area (Å²) in [5, 5.41) is 3.00. The smallest absolute Gasteiger partial charge is 0.144 e. The Bertz CT molecular complexity index is 572. The van der Waals surface area contributed by atoms with Crippen molar-refractivity contribution in [1.82, 2.24) is 9.97 Å². The molecular formula is C13H13BrFN3. The van der Waals surface area contributed by atoms with Crippen LogP contribution >= 0.6 is 15.9 Å². The van der Waals surface area contributed by atoms with E-state index in [0.29, 0.717) is 12.2 Å². The largest absolute Gasteiger partial charge is 0.372 e. The summed E-state index contributed by atoms with van der Waals surface area (Å²) in [4.78, 5) is 8.77. The Hall–Kier alpha value is -1.49. The van der Waals surface area contributed by atoms with Gasteiger partial charge in [0.2, 0.25) is 0 Å². The highest BCUT2D eigenvalue weighted by Crippen LogP contribution is 2.23. The summed E-state index contributed by atoms with van der Waals surface area (Å²) in [5.41, 5.74) is 1.72. The molecule has 2 aromatic rings. The van der Waals surface area contributed by atoms with Gasteiger partial charge in [0.1, 0.15) is 17.5 Å². The van der Waals surface area contributed by atoms with E-state index in [2.05, 4.69) is 31.2 Å². The van der Waals surface area contributed by atoms with Gasteiger partial charge in [-0.1, -0.05) is 12.1 Å². The summed E-state index contributed by atoms with van der Waals surface area (Å²) in [6.07, 6.45) is 0.514. The van der Waals surface area contributed by atoms with Crippen LogP contribution in [0, 0.1) is 12.7 Å². The van der Waals surface area contributed by atoms with Crippen LogP contribution in [0.1, 0.15) is 17.1 Å². The fourth-order valence-electron chi connectivity index (χ4n) is 1.69. The normalized spacial score (nSPS) is 10.4. The average molecular weight is 310 g/mol. The SMILES string of the molecule is CNc1nc(Cc2cccc(F)c2)nc(C)c1Br. The van der Waals surface area contributed by atoms with Crippen molar-refractivity contribution in [3.63, 3.8) is 0 Å². The summed E-state index contributed by atoms with van der Waals surface area (Å²) in [5.74, 6) is 1.18. The Kier molecular flexibility index (Phi) is 3.91. The van der Waals surface area contributed by atoms with Crippen LogP contribution in [0.4, 0.5) is 10.2 Å². The highest BCUT2D eigenvalue weighted by molar-refractivity contribution is 9.10. The van der Waals surface area contributed by atoms with Crippen molar-refractivity contribution < 1.29 is 4.39 Å². The molecule has 2 rings (SSSR count). The Morgan fingerprint density at radius 1 is 1.33 bits per heavy atom. The van der Waals surface area contributed by atoms with Gasteiger partial charge in [-0.2, -0.15) is 0 Å². The van der Waals surface area contributed by atoms with Gasteiger partial charge in [0.15, 0.2) is 0 Å². The zero-order valence-corrected chi connectivity index (χ0v) is 11.8. The van der Waals surface area contributed by atoms with Gasteiger partial charge in [-0.05, 0) is 40.5 Å². The van der Waals surface area contributed by atoms with Gasteiger partial charge in [0.25, 0.3) is 0 Å². The van der Waals surface area contributed by atoms with E-state index in [1.807, 2.05) is 13.0 Å². The van der Waals surface area contributed by atoms with E-state index >= 15 is 0 Å². The summed E-state index contributed by atoms with van der Waals surface area (Å²) in [6.45, 7) is 1.90. The molecule has 0 saturated carbocycles. The van der Waals surface area contributed by atoms with Gasteiger partial charge in [-0.25, -0.2) is 14.4 Å². The number of hydrogen-bond acceptors (Lipinski definition) is 3. The fraction of sp³-hybridized carbons (Fsp3) is 0.231. The fourth-order valence-corrected chi connectivity index (χ4v) is 2.07. The molecule has 1 aromatic carbocycles. The Morgan fingerprint density at radius 2 is 2.11 bits per heavy atom. The Morgan fingerprint density at radius 3 is 2.78 bits per heavy atom. The summed E-state index contributed by atoms with van der Waals surface area (Å²) in [6, 6.07) is 6.48. The first-order chi connectivity index (χ1) is 8.60. The number of nitrogens with one attached hydrogen (secondary N) is 1. The Labute approximate surface area is 114 Å². The van der Waals surface area contributed by atoms with E-state index in [0.717, 1.165) is 21.5 Å². The van der Waals surface area contributed by atoms with E-state index in [1.165, 1.54) is 12.1 Å². The van der Waals surface area contributed by atoms with E-state index in [-0.39, 0.29) is 5.82 Å². The second-order valence-corrected chi connectivity index (χ2v) is 4.74. The molecule has 0 saturated heterocycles. The molecule has 3 nitrogen and oxygen atoms in total. The van der Waals surface area contributed by atoms with Gasteiger partial charge in [0, 0.05) is 13.5 Å². The van der Waals surface area contributed by atoms with E-state index < -0.39 is 0 Å². The van der Waals surface area contributed by atoms with Crippen molar-refractivity contribution in [3.05, 3.63) is 51.6 Å². The molecular weight excluding hydrogens is 297 g/mol. The van der Waals surface area contributed by atoms with Crippen LogP contribution in [0.25, 0.3) is 0 Å². The van der Waals surface area contributed by atoms with Gasteiger partial charge in [-0.15, -0.1) is 0 Å². The molecule has 0 radical (unpaired) electrons. The molecule has 0 unspecified atom stereocenters. The second kappa shape index (κ2) is 5.44. The minimum Gasteiger partial charge on any atom is -0.372 e. The molecule has 0 aliphatic heterocycles. The topological polar surface area (TPSA) is 37.8 Å². The Balaban J connectivity index is 2.32. The van der Waals surface area contributed by atoms with Crippen LogP contribution in [-0.2, 0) is 6.42 Å². The standard InChI is InChI=1S/C13H13BrFN3/c1-8-12(14)13(16-2)18-11(17-8)7-9-4-3-5-10(15)6-9/h3-6H,7H2,1-2H3,(H,16,17,18). The predicted molar refractivity (Wildman–Crippen MR) is 73.2 cm³/mol. The van der Waals surface area contributed by atoms with E-state index in [9.17, 15) is 4.39 Å². The number of nitrogens with zero attached hydrogens (tertiary/aromatic N) is 2. The van der Waals surface area contributed by atoms with E-state index in [1.54, 1.807) is 13.1 Å². The highest BCUT2D eigenvalue weighted by atomic mass is 79.9. The number of aromatic nitrogens is 2. The molecule has 0 aliphatic carbocycles. The summed E-state index contributed by atoms with van der Waals surface area (Å²) >= 11 is 3.42. The summed E-state index contributed by atoms with van der Waals surface area (Å²) < 4.78 is 14.0. The first-order valence-corrected chi connectivity index (χ1v) is 6.34. The van der Waals surface area contributed by atoms with Gasteiger partial charge in [-0.3, -0.25) is 0 Å². The molecule has 0 aliphatic rings. The molecule has 0 bridgehead atoms. The molecule has 0 atom stereocenters. The maximum atomic E-state index is 13.1. The van der Waals surface area contributed by atoms with Crippen LogP contribution in [0.2, 0.25) is 0 Å². The lowest BCUT2D eigenvalue weighted by Gasteiger charge is -2.08. The predicted octanol–water partition coefficient (Wildman–Crippen LogP) is 3.32. The number of benzene rings is 1. The lowest BCUT2D eigenvalue weighted by Crippen LogP contribution is -2.04. The maximum absolute atomic E-state index is 13.1. The van der Waals surface area contributed by atoms with Crippen molar-refractivity contribution in [2.75, 3.05) is 12.4 Å². The van der Waals surface area contributed by atoms with Gasteiger partial charge in [0.05, 0.1) is 10.2 Å². The van der Waals surface area contributed by atoms with Crippen LogP contribution in [0.15, 0.2) is 28.7 Å². The highest BCUT2D eigenvalue weighted by Gasteiger charge is 2.08. The molecule has 1 N–H and O–H groups in total. The first kappa shape index (κ1) is 13.0. The molecule has 0 amide bonds. The third-order valence-corrected chi connectivity index (χ3v) is 3.50. The lowest BCUT2D eigenvalue weighted by molar-refractivity contribution is 0.625. The lowest BCUT2D eigenvalue weighted by atomic mass is 10.1. The molecule has 5 heteroatoms. The van der Waals surface area contributed by atoms with Crippen molar-refractivity contribution in [1.29, 1.82) is 0 Å². The van der Waals surface area contributed by atoms with Crippen LogP contribution in [0.5, 0.6) is 0 Å². The van der Waals surface area contributed by atoms with Crippen LogP contribution < -0.4 is 5.32 Å². The van der Waals surface area contributed by atoms with Crippen LogP contribution in [-0.4, -0.2) is 17.0 Å². The van der Waals surface area contributed by atoms with Crippen molar-refractivity contribution >= 4 is 21.7 Å². The third kappa shape index (κ3) is 2.85. The molecule has 0 fully saturated rings. The number of anilines is 1. The third-order valence-electron chi connectivity index (χ3n) is 2.55. The number of rotatable bonds is 3. The van der Waals surface area contributed by atoms with Crippen molar-refractivity contribution in [3.8, 4) is 0 Å². The van der Waals surface area contributed by atoms with Crippen molar-refractivity contribution in [2.24, 2.45) is 0 Å².